The summed E-state index contributed by atoms with van der Waals surface area (Å²) in [5.74, 6) is 0. The van der Waals surface area contributed by atoms with Gasteiger partial charge in [0.1, 0.15) is 0 Å². The van der Waals surface area contributed by atoms with Crippen molar-refractivity contribution in [3.05, 3.63) is 46.5 Å². The van der Waals surface area contributed by atoms with Crippen LogP contribution in [0.3, 0.4) is 0 Å². The van der Waals surface area contributed by atoms with Crippen molar-refractivity contribution in [2.75, 3.05) is 19.6 Å². The van der Waals surface area contributed by atoms with Crippen molar-refractivity contribution in [2.45, 2.75) is 19.4 Å². The average molecular weight is 450 g/mol. The molecule has 0 unspecified atom stereocenters. The van der Waals surface area contributed by atoms with Gasteiger partial charge in [0.05, 0.1) is 0 Å². The minimum absolute atomic E-state index is 0. The van der Waals surface area contributed by atoms with Gasteiger partial charge in [0.15, 0.2) is 0 Å². The SMILES string of the molecule is Cl.O=[N+]([O-])c1ccc2c3c(nn2CCN2CCCC2)-c2ccccc2[Se]c13. The maximum absolute atomic E-state index is 11.6. The molecule has 140 valence electrons. The van der Waals surface area contributed by atoms with E-state index in [1.807, 2.05) is 22.9 Å². The molecule has 0 bridgehead atoms. The Hall–Kier alpha value is -1.92. The second-order valence-electron chi connectivity index (χ2n) is 6.78. The molecular weight excluding hydrogens is 431 g/mol. The van der Waals surface area contributed by atoms with Crippen LogP contribution in [0.4, 0.5) is 5.69 Å². The van der Waals surface area contributed by atoms with E-state index in [4.69, 9.17) is 5.10 Å². The molecule has 1 fully saturated rings. The van der Waals surface area contributed by atoms with Crippen LogP contribution in [0.25, 0.3) is 22.2 Å². The van der Waals surface area contributed by atoms with Gasteiger partial charge in [0.2, 0.25) is 0 Å². The van der Waals surface area contributed by atoms with E-state index in [2.05, 4.69) is 17.0 Å². The predicted molar refractivity (Wildman–Crippen MR) is 110 cm³/mol. The summed E-state index contributed by atoms with van der Waals surface area (Å²) in [5, 5.41) is 17.4. The number of hydrogen-bond donors (Lipinski definition) is 0. The number of benzene rings is 2. The van der Waals surface area contributed by atoms with E-state index < -0.39 is 0 Å². The van der Waals surface area contributed by atoms with Gasteiger partial charge in [-0.15, -0.1) is 12.4 Å². The third-order valence-electron chi connectivity index (χ3n) is 5.23. The maximum atomic E-state index is 11.6. The van der Waals surface area contributed by atoms with Crippen molar-refractivity contribution < 1.29 is 4.92 Å². The first-order valence-electron chi connectivity index (χ1n) is 8.90. The topological polar surface area (TPSA) is 64.2 Å². The summed E-state index contributed by atoms with van der Waals surface area (Å²) in [7, 11) is 0. The van der Waals surface area contributed by atoms with E-state index in [9.17, 15) is 10.1 Å². The van der Waals surface area contributed by atoms with Crippen molar-refractivity contribution in [1.82, 2.24) is 14.7 Å². The zero-order valence-corrected chi connectivity index (χ0v) is 17.2. The van der Waals surface area contributed by atoms with Crippen molar-refractivity contribution >= 4 is 52.9 Å². The summed E-state index contributed by atoms with van der Waals surface area (Å²) in [4.78, 5) is 13.8. The first kappa shape index (κ1) is 18.4. The Morgan fingerprint density at radius 2 is 1.89 bits per heavy atom. The molecule has 6 nitrogen and oxygen atoms in total. The van der Waals surface area contributed by atoms with Crippen LogP contribution in [0.1, 0.15) is 12.8 Å². The van der Waals surface area contributed by atoms with Crippen LogP contribution in [-0.4, -0.2) is 54.2 Å². The van der Waals surface area contributed by atoms with Gasteiger partial charge in [0.25, 0.3) is 0 Å². The van der Waals surface area contributed by atoms with Crippen LogP contribution in [-0.2, 0) is 6.54 Å². The number of halogens is 1. The van der Waals surface area contributed by atoms with E-state index in [-0.39, 0.29) is 38.0 Å². The molecule has 27 heavy (non-hydrogen) atoms. The van der Waals surface area contributed by atoms with Gasteiger partial charge in [-0.25, -0.2) is 0 Å². The van der Waals surface area contributed by atoms with E-state index in [1.54, 1.807) is 6.07 Å². The molecule has 0 radical (unpaired) electrons. The Morgan fingerprint density at radius 3 is 2.67 bits per heavy atom. The van der Waals surface area contributed by atoms with Crippen LogP contribution in [0.15, 0.2) is 36.4 Å². The summed E-state index contributed by atoms with van der Waals surface area (Å²) in [6.07, 6.45) is 2.55. The van der Waals surface area contributed by atoms with Crippen molar-refractivity contribution in [3.63, 3.8) is 0 Å². The number of nitrogens with zero attached hydrogens (tertiary/aromatic N) is 4. The molecule has 8 heteroatoms. The molecule has 2 aliphatic rings. The Kier molecular flexibility index (Phi) is 4.95. The van der Waals surface area contributed by atoms with E-state index in [0.717, 1.165) is 52.8 Å². The predicted octanol–water partition coefficient (Wildman–Crippen LogP) is 2.10. The quantitative estimate of drug-likeness (QED) is 0.272. The Labute approximate surface area is 169 Å². The fourth-order valence-electron chi connectivity index (χ4n) is 3.94. The monoisotopic (exact) mass is 450 g/mol. The minimum atomic E-state index is -0.254. The molecule has 0 amide bonds. The number of aromatic nitrogens is 2. The Balaban J connectivity index is 0.00000180. The molecule has 3 heterocycles. The third-order valence-corrected chi connectivity index (χ3v) is 7.73. The van der Waals surface area contributed by atoms with Gasteiger partial charge >= 0.3 is 157 Å². The molecule has 1 aromatic heterocycles. The molecule has 0 aliphatic carbocycles. The number of hydrogen-bond acceptors (Lipinski definition) is 4. The zero-order valence-electron chi connectivity index (χ0n) is 14.6. The zero-order chi connectivity index (χ0) is 17.7. The molecule has 0 spiro atoms. The molecule has 2 aliphatic heterocycles. The van der Waals surface area contributed by atoms with E-state index >= 15 is 0 Å². The summed E-state index contributed by atoms with van der Waals surface area (Å²) < 4.78 is 4.09. The second-order valence-corrected chi connectivity index (χ2v) is 8.99. The molecule has 1 saturated heterocycles. The van der Waals surface area contributed by atoms with Crippen molar-refractivity contribution in [1.29, 1.82) is 0 Å². The van der Waals surface area contributed by atoms with Crippen LogP contribution in [0.2, 0.25) is 0 Å². The van der Waals surface area contributed by atoms with Crippen LogP contribution >= 0.6 is 12.4 Å². The number of nitro benzene ring substituents is 1. The van der Waals surface area contributed by atoms with Gasteiger partial charge in [-0.1, -0.05) is 0 Å². The summed E-state index contributed by atoms with van der Waals surface area (Å²) >= 11 is -0.0751. The third kappa shape index (κ3) is 3.05. The van der Waals surface area contributed by atoms with Crippen molar-refractivity contribution in [2.24, 2.45) is 0 Å². The van der Waals surface area contributed by atoms with Gasteiger partial charge in [-0.3, -0.25) is 0 Å². The van der Waals surface area contributed by atoms with Crippen LogP contribution < -0.4 is 8.92 Å². The fraction of sp³-hybridized carbons (Fsp3) is 0.316. The van der Waals surface area contributed by atoms with Crippen molar-refractivity contribution in [3.8, 4) is 11.3 Å². The van der Waals surface area contributed by atoms with Gasteiger partial charge in [0, 0.05) is 0 Å². The molecular formula is C19H19ClN4O2Se. The van der Waals surface area contributed by atoms with Gasteiger partial charge in [-0.2, -0.15) is 0 Å². The van der Waals surface area contributed by atoms with Gasteiger partial charge < -0.3 is 0 Å². The molecule has 0 atom stereocenters. The van der Waals surface area contributed by atoms with Crippen LogP contribution in [0, 0.1) is 10.1 Å². The second kappa shape index (κ2) is 7.24. The van der Waals surface area contributed by atoms with Crippen LogP contribution in [0.5, 0.6) is 0 Å². The number of nitro groups is 1. The summed E-state index contributed by atoms with van der Waals surface area (Å²) in [5.41, 5.74) is 3.29. The molecule has 3 aromatic rings. The standard InChI is InChI=1S/C19H18N4O2Se.ClH/c24-23(25)15-8-7-14-17-18(13-5-1-2-6-16(13)26-19(15)17)20-22(14)12-11-21-9-3-4-10-21;/h1-2,5-8H,3-4,9-12H2;1H. The Bertz CT molecular complexity index is 1030. The van der Waals surface area contributed by atoms with Gasteiger partial charge in [-0.05, 0) is 0 Å². The average Bonchev–Trinajstić information content (AvgIpc) is 3.29. The number of rotatable bonds is 4. The fourth-order valence-corrected chi connectivity index (χ4v) is 6.44. The van der Waals surface area contributed by atoms with E-state index in [1.165, 1.54) is 17.3 Å². The molecule has 0 N–H and O–H groups in total. The number of likely N-dealkylation sites (tertiary alicyclic amines) is 1. The normalized spacial score (nSPS) is 15.6. The number of fused-ring (bicyclic) bond motifs is 2. The van der Waals surface area contributed by atoms with E-state index in [0.29, 0.717) is 0 Å². The first-order valence-corrected chi connectivity index (χ1v) is 10.6. The first-order chi connectivity index (χ1) is 12.7. The summed E-state index contributed by atoms with van der Waals surface area (Å²) in [6, 6.07) is 11.7. The molecule has 0 saturated carbocycles. The molecule has 2 aromatic carbocycles. The summed E-state index contributed by atoms with van der Waals surface area (Å²) in [6.45, 7) is 4.13. The Morgan fingerprint density at radius 1 is 1.11 bits per heavy atom. The molecule has 5 rings (SSSR count).